The van der Waals surface area contributed by atoms with E-state index in [9.17, 15) is 0 Å². The third kappa shape index (κ3) is 5.12. The van der Waals surface area contributed by atoms with Gasteiger partial charge in [0.05, 0.1) is 17.9 Å². The van der Waals surface area contributed by atoms with Gasteiger partial charge < -0.3 is 15.1 Å². The van der Waals surface area contributed by atoms with Gasteiger partial charge in [0.1, 0.15) is 11.3 Å². The minimum Gasteiger partial charge on any atom is -0.444 e. The van der Waals surface area contributed by atoms with Crippen LogP contribution in [0.5, 0.6) is 0 Å². The van der Waals surface area contributed by atoms with Crippen LogP contribution in [0, 0.1) is 0 Å². The molecule has 0 saturated heterocycles. The fourth-order valence-electron chi connectivity index (χ4n) is 2.94. The van der Waals surface area contributed by atoms with Crippen molar-refractivity contribution in [2.45, 2.75) is 13.0 Å². The number of hydrogen-bond acceptors (Lipinski definition) is 5. The summed E-state index contributed by atoms with van der Waals surface area (Å²) in [5.41, 5.74) is 4.01. The summed E-state index contributed by atoms with van der Waals surface area (Å²) in [6, 6.07) is 20.1. The fourth-order valence-corrected chi connectivity index (χ4v) is 3.80. The van der Waals surface area contributed by atoms with E-state index in [0.717, 1.165) is 46.4 Å². The summed E-state index contributed by atoms with van der Waals surface area (Å²) >= 11 is 1.67. The van der Waals surface area contributed by atoms with Crippen molar-refractivity contribution in [3.05, 3.63) is 83.7 Å². The number of thiazole rings is 1. The Balaban J connectivity index is 1.25. The van der Waals surface area contributed by atoms with E-state index < -0.39 is 0 Å². The summed E-state index contributed by atoms with van der Waals surface area (Å²) in [6.45, 7) is 1.27. The lowest BCUT2D eigenvalue weighted by molar-refractivity contribution is 0.572. The van der Waals surface area contributed by atoms with E-state index >= 15 is 0 Å². The zero-order chi connectivity index (χ0) is 20.6. The van der Waals surface area contributed by atoms with Crippen molar-refractivity contribution in [1.82, 2.24) is 20.6 Å². The van der Waals surface area contributed by atoms with E-state index in [2.05, 4.69) is 38.1 Å². The molecular weight excluding hydrogens is 394 g/mol. The SMILES string of the molecule is CN=C(NCCc1csc(-c2ccccc2)n1)NCc1coc(-c2ccccc2)n1. The van der Waals surface area contributed by atoms with Crippen LogP contribution in [0.3, 0.4) is 0 Å². The van der Waals surface area contributed by atoms with Crippen LogP contribution in [0.2, 0.25) is 0 Å². The number of aliphatic imine (C=N–C) groups is 1. The van der Waals surface area contributed by atoms with Crippen molar-refractivity contribution < 1.29 is 4.42 Å². The molecule has 0 aliphatic rings. The Morgan fingerprint density at radius 3 is 2.40 bits per heavy atom. The Morgan fingerprint density at radius 2 is 1.67 bits per heavy atom. The lowest BCUT2D eigenvalue weighted by Gasteiger charge is -2.10. The molecule has 4 aromatic rings. The maximum atomic E-state index is 5.58. The van der Waals surface area contributed by atoms with Crippen LogP contribution in [-0.2, 0) is 13.0 Å². The second-order valence-electron chi connectivity index (χ2n) is 6.62. The first kappa shape index (κ1) is 19.8. The minimum absolute atomic E-state index is 0.533. The van der Waals surface area contributed by atoms with E-state index in [0.29, 0.717) is 12.4 Å². The number of hydrogen-bond donors (Lipinski definition) is 2. The summed E-state index contributed by atoms with van der Waals surface area (Å²) in [4.78, 5) is 13.5. The van der Waals surface area contributed by atoms with Crippen LogP contribution in [0.15, 0.2) is 81.7 Å². The zero-order valence-corrected chi connectivity index (χ0v) is 17.5. The highest BCUT2D eigenvalue weighted by Crippen LogP contribution is 2.23. The molecule has 152 valence electrons. The normalized spacial score (nSPS) is 11.4. The number of rotatable bonds is 7. The molecule has 0 bridgehead atoms. The number of guanidine groups is 1. The molecular formula is C23H23N5OS. The zero-order valence-electron chi connectivity index (χ0n) is 16.7. The van der Waals surface area contributed by atoms with Gasteiger partial charge in [-0.05, 0) is 12.1 Å². The van der Waals surface area contributed by atoms with Crippen LogP contribution >= 0.6 is 11.3 Å². The van der Waals surface area contributed by atoms with E-state index in [1.807, 2.05) is 48.5 Å². The van der Waals surface area contributed by atoms with E-state index in [1.165, 1.54) is 0 Å². The summed E-state index contributed by atoms with van der Waals surface area (Å²) in [5.74, 6) is 1.34. The number of oxazole rings is 1. The average Bonchev–Trinajstić information content (AvgIpc) is 3.47. The lowest BCUT2D eigenvalue weighted by Crippen LogP contribution is -2.37. The van der Waals surface area contributed by atoms with Gasteiger partial charge in [0.2, 0.25) is 5.89 Å². The predicted molar refractivity (Wildman–Crippen MR) is 121 cm³/mol. The van der Waals surface area contributed by atoms with Crippen LogP contribution in [0.25, 0.3) is 22.0 Å². The molecule has 0 aliphatic heterocycles. The molecule has 2 aromatic carbocycles. The first-order valence-corrected chi connectivity index (χ1v) is 10.6. The van der Waals surface area contributed by atoms with Crippen molar-refractivity contribution in [3.8, 4) is 22.0 Å². The summed E-state index contributed by atoms with van der Waals surface area (Å²) in [7, 11) is 1.75. The van der Waals surface area contributed by atoms with Gasteiger partial charge in [-0.15, -0.1) is 11.3 Å². The first-order valence-electron chi connectivity index (χ1n) is 9.76. The molecule has 0 aliphatic carbocycles. The molecule has 6 nitrogen and oxygen atoms in total. The highest BCUT2D eigenvalue weighted by molar-refractivity contribution is 7.13. The lowest BCUT2D eigenvalue weighted by atomic mass is 10.2. The molecule has 0 radical (unpaired) electrons. The quantitative estimate of drug-likeness (QED) is 0.345. The number of nitrogens with one attached hydrogen (secondary N) is 2. The topological polar surface area (TPSA) is 75.3 Å². The van der Waals surface area contributed by atoms with Gasteiger partial charge in [0.15, 0.2) is 5.96 Å². The Bertz CT molecular complexity index is 1090. The minimum atomic E-state index is 0.533. The molecule has 4 rings (SSSR count). The molecule has 0 saturated carbocycles. The van der Waals surface area contributed by atoms with Crippen molar-refractivity contribution >= 4 is 17.3 Å². The Kier molecular flexibility index (Phi) is 6.51. The third-order valence-electron chi connectivity index (χ3n) is 4.48. The van der Waals surface area contributed by atoms with Crippen LogP contribution in [0.1, 0.15) is 11.4 Å². The van der Waals surface area contributed by atoms with Gasteiger partial charge in [-0.3, -0.25) is 4.99 Å². The molecule has 2 N–H and O–H groups in total. The standard InChI is InChI=1S/C23H23N5OS/c1-24-23(26-14-20-15-29-21(27-20)17-8-4-2-5-9-17)25-13-12-19-16-30-22(28-19)18-10-6-3-7-11-18/h2-11,15-16H,12-14H2,1H3,(H2,24,25,26). The predicted octanol–water partition coefficient (Wildman–Crippen LogP) is 4.37. The molecule has 0 fully saturated rings. The van der Waals surface area contributed by atoms with Crippen LogP contribution in [0.4, 0.5) is 0 Å². The molecule has 2 aromatic heterocycles. The largest absolute Gasteiger partial charge is 0.444 e. The van der Waals surface area contributed by atoms with Crippen molar-refractivity contribution in [3.63, 3.8) is 0 Å². The number of nitrogens with zero attached hydrogens (tertiary/aromatic N) is 3. The van der Waals surface area contributed by atoms with Crippen molar-refractivity contribution in [2.75, 3.05) is 13.6 Å². The Hall–Kier alpha value is -3.45. The second-order valence-corrected chi connectivity index (χ2v) is 7.48. The van der Waals surface area contributed by atoms with Gasteiger partial charge >= 0.3 is 0 Å². The first-order chi connectivity index (χ1) is 14.8. The molecule has 7 heteroatoms. The van der Waals surface area contributed by atoms with E-state index in [1.54, 1.807) is 24.6 Å². The maximum Gasteiger partial charge on any atom is 0.226 e. The van der Waals surface area contributed by atoms with Gasteiger partial charge in [-0.1, -0.05) is 48.5 Å². The van der Waals surface area contributed by atoms with Gasteiger partial charge in [0, 0.05) is 36.5 Å². The summed E-state index contributed by atoms with van der Waals surface area (Å²) < 4.78 is 5.58. The smallest absolute Gasteiger partial charge is 0.226 e. The highest BCUT2D eigenvalue weighted by Gasteiger charge is 2.08. The van der Waals surface area contributed by atoms with Crippen molar-refractivity contribution in [2.24, 2.45) is 4.99 Å². The fraction of sp³-hybridized carbons (Fsp3) is 0.174. The van der Waals surface area contributed by atoms with E-state index in [4.69, 9.17) is 9.40 Å². The van der Waals surface area contributed by atoms with Gasteiger partial charge in [-0.25, -0.2) is 9.97 Å². The van der Waals surface area contributed by atoms with Gasteiger partial charge in [0.25, 0.3) is 0 Å². The Morgan fingerprint density at radius 1 is 0.933 bits per heavy atom. The van der Waals surface area contributed by atoms with Crippen LogP contribution in [-0.4, -0.2) is 29.5 Å². The monoisotopic (exact) mass is 417 g/mol. The molecule has 0 spiro atoms. The molecule has 2 heterocycles. The molecule has 0 atom stereocenters. The summed E-state index contributed by atoms with van der Waals surface area (Å²) in [5, 5.41) is 9.75. The Labute approximate surface area is 179 Å². The number of benzene rings is 2. The highest BCUT2D eigenvalue weighted by atomic mass is 32.1. The molecule has 0 amide bonds. The molecule has 30 heavy (non-hydrogen) atoms. The average molecular weight is 418 g/mol. The number of aromatic nitrogens is 2. The third-order valence-corrected chi connectivity index (χ3v) is 5.42. The van der Waals surface area contributed by atoms with E-state index in [-0.39, 0.29) is 0 Å². The van der Waals surface area contributed by atoms with Crippen molar-refractivity contribution in [1.29, 1.82) is 0 Å². The summed E-state index contributed by atoms with van der Waals surface area (Å²) in [6.07, 6.45) is 2.50. The maximum absolute atomic E-state index is 5.58. The van der Waals surface area contributed by atoms with Crippen LogP contribution < -0.4 is 10.6 Å². The van der Waals surface area contributed by atoms with Gasteiger partial charge in [-0.2, -0.15) is 0 Å². The second kappa shape index (κ2) is 9.84. The molecule has 0 unspecified atom stereocenters.